The Kier molecular flexibility index (Phi) is 6.79. The summed E-state index contributed by atoms with van der Waals surface area (Å²) in [4.78, 5) is 32.3. The van der Waals surface area contributed by atoms with Crippen LogP contribution in [0.3, 0.4) is 0 Å². The van der Waals surface area contributed by atoms with Crippen molar-refractivity contribution in [1.82, 2.24) is 4.90 Å². The maximum absolute atomic E-state index is 13.4. The van der Waals surface area contributed by atoms with E-state index in [1.54, 1.807) is 33.7 Å². The lowest BCUT2D eigenvalue weighted by molar-refractivity contribution is -0.123. The Balaban J connectivity index is 1.28. The summed E-state index contributed by atoms with van der Waals surface area (Å²) in [6.45, 7) is 0.391. The number of hydrogen-bond acceptors (Lipinski definition) is 5. The number of hydrogen-bond donors (Lipinski definition) is 0. The number of para-hydroxylation sites is 2. The number of rotatable bonds is 5. The van der Waals surface area contributed by atoms with Crippen molar-refractivity contribution in [2.45, 2.75) is 22.6 Å². The summed E-state index contributed by atoms with van der Waals surface area (Å²) in [6.07, 6.45) is 2.58. The molecule has 1 fully saturated rings. The number of anilines is 2. The highest BCUT2D eigenvalue weighted by molar-refractivity contribution is 8.26. The van der Waals surface area contributed by atoms with E-state index in [1.165, 1.54) is 11.8 Å². The summed E-state index contributed by atoms with van der Waals surface area (Å²) < 4.78 is 0.501. The average Bonchev–Trinajstić information content (AvgIpc) is 3.11. The first-order valence-electron chi connectivity index (χ1n) is 10.7. The van der Waals surface area contributed by atoms with E-state index in [0.29, 0.717) is 33.6 Å². The number of fused-ring (bicyclic) bond motifs is 2. The van der Waals surface area contributed by atoms with Crippen molar-refractivity contribution >= 4 is 80.9 Å². The fraction of sp³-hybridized carbons (Fsp3) is 0.115. The molecule has 2 heterocycles. The maximum Gasteiger partial charge on any atom is 0.266 e. The van der Waals surface area contributed by atoms with Crippen LogP contribution in [-0.4, -0.2) is 27.6 Å². The van der Waals surface area contributed by atoms with E-state index in [2.05, 4.69) is 0 Å². The Bertz CT molecular complexity index is 1300. The summed E-state index contributed by atoms with van der Waals surface area (Å²) in [5, 5.41) is 0.582. The van der Waals surface area contributed by atoms with Crippen molar-refractivity contribution in [3.63, 3.8) is 0 Å². The van der Waals surface area contributed by atoms with Gasteiger partial charge in [0.05, 0.1) is 16.3 Å². The molecule has 8 heteroatoms. The first-order valence-corrected chi connectivity index (χ1v) is 13.1. The molecule has 0 radical (unpaired) electrons. The summed E-state index contributed by atoms with van der Waals surface area (Å²) >= 11 is 14.6. The van der Waals surface area contributed by atoms with Crippen molar-refractivity contribution in [1.29, 1.82) is 0 Å². The Labute approximate surface area is 217 Å². The third-order valence-corrected chi connectivity index (χ3v) is 8.37. The molecule has 2 amide bonds. The summed E-state index contributed by atoms with van der Waals surface area (Å²) in [5.41, 5.74) is 2.56. The molecule has 0 spiro atoms. The van der Waals surface area contributed by atoms with Crippen LogP contribution in [0.15, 0.2) is 87.5 Å². The fourth-order valence-electron chi connectivity index (χ4n) is 3.90. The highest BCUT2D eigenvalue weighted by Crippen LogP contribution is 2.48. The molecule has 2 aliphatic heterocycles. The number of carbonyl (C=O) groups is 2. The zero-order valence-corrected chi connectivity index (χ0v) is 21.1. The van der Waals surface area contributed by atoms with Crippen LogP contribution < -0.4 is 4.90 Å². The van der Waals surface area contributed by atoms with Crippen LogP contribution in [0.2, 0.25) is 5.02 Å². The molecule has 0 N–H and O–H groups in total. The molecule has 3 aromatic carbocycles. The summed E-state index contributed by atoms with van der Waals surface area (Å²) in [7, 11) is 0. The van der Waals surface area contributed by atoms with E-state index in [1.807, 2.05) is 66.7 Å². The monoisotopic (exact) mass is 522 g/mol. The van der Waals surface area contributed by atoms with Crippen molar-refractivity contribution in [3.8, 4) is 0 Å². The molecule has 0 aliphatic carbocycles. The molecule has 170 valence electrons. The number of halogens is 1. The van der Waals surface area contributed by atoms with Gasteiger partial charge < -0.3 is 0 Å². The lowest BCUT2D eigenvalue weighted by atomic mass is 10.1. The van der Waals surface area contributed by atoms with E-state index in [9.17, 15) is 9.59 Å². The number of benzene rings is 3. The van der Waals surface area contributed by atoms with Gasteiger partial charge in [-0.3, -0.25) is 19.4 Å². The van der Waals surface area contributed by atoms with Gasteiger partial charge in [-0.15, -0.1) is 0 Å². The Morgan fingerprint density at radius 3 is 2.21 bits per heavy atom. The lowest BCUT2D eigenvalue weighted by Gasteiger charge is -2.31. The molecular formula is C26H19ClN2O2S3. The minimum Gasteiger partial charge on any atom is -0.293 e. The van der Waals surface area contributed by atoms with Gasteiger partial charge in [0.2, 0.25) is 5.91 Å². The van der Waals surface area contributed by atoms with E-state index >= 15 is 0 Å². The normalized spacial score (nSPS) is 16.1. The second kappa shape index (κ2) is 9.96. The lowest BCUT2D eigenvalue weighted by Crippen LogP contribution is -2.32. The molecule has 0 bridgehead atoms. The predicted molar refractivity (Wildman–Crippen MR) is 145 cm³/mol. The average molecular weight is 523 g/mol. The number of carbonyl (C=O) groups excluding carboxylic acids is 2. The highest BCUT2D eigenvalue weighted by Gasteiger charge is 2.32. The molecule has 5 rings (SSSR count). The molecule has 0 unspecified atom stereocenters. The molecule has 0 atom stereocenters. The molecule has 0 saturated carbocycles. The molecule has 1 saturated heterocycles. The molecule has 0 aromatic heterocycles. The topological polar surface area (TPSA) is 40.6 Å². The van der Waals surface area contributed by atoms with Crippen LogP contribution in [0.1, 0.15) is 18.4 Å². The number of amides is 2. The largest absolute Gasteiger partial charge is 0.293 e. The maximum atomic E-state index is 13.4. The smallest absolute Gasteiger partial charge is 0.266 e. The van der Waals surface area contributed by atoms with Gasteiger partial charge in [-0.25, -0.2) is 0 Å². The molecule has 4 nitrogen and oxygen atoms in total. The van der Waals surface area contributed by atoms with Gasteiger partial charge in [-0.2, -0.15) is 0 Å². The quantitative estimate of drug-likeness (QED) is 0.263. The third kappa shape index (κ3) is 4.53. The van der Waals surface area contributed by atoms with E-state index in [4.69, 9.17) is 23.8 Å². The highest BCUT2D eigenvalue weighted by atomic mass is 35.5. The molecule has 34 heavy (non-hydrogen) atoms. The zero-order valence-electron chi connectivity index (χ0n) is 17.9. The van der Waals surface area contributed by atoms with Gasteiger partial charge >= 0.3 is 0 Å². The molecule has 3 aromatic rings. The number of thioether (sulfide) groups is 1. The van der Waals surface area contributed by atoms with Crippen LogP contribution in [0.25, 0.3) is 6.08 Å². The Morgan fingerprint density at radius 1 is 0.912 bits per heavy atom. The number of nitrogens with zero attached hydrogens (tertiary/aromatic N) is 2. The summed E-state index contributed by atoms with van der Waals surface area (Å²) in [6, 6.07) is 23.2. The SMILES string of the molecule is O=C1/C(=C\c2ccccc2Cl)SC(=S)N1CCCC(=O)N1c2ccccc2Sc2ccccc21. The van der Waals surface area contributed by atoms with E-state index in [0.717, 1.165) is 26.7 Å². The van der Waals surface area contributed by atoms with Crippen molar-refractivity contribution in [2.75, 3.05) is 11.4 Å². The minimum atomic E-state index is -0.146. The van der Waals surface area contributed by atoms with Crippen molar-refractivity contribution in [2.24, 2.45) is 0 Å². The van der Waals surface area contributed by atoms with Crippen molar-refractivity contribution < 1.29 is 9.59 Å². The van der Waals surface area contributed by atoms with Crippen LogP contribution in [0.4, 0.5) is 11.4 Å². The van der Waals surface area contributed by atoms with Gasteiger partial charge in [0.1, 0.15) is 4.32 Å². The standard InChI is InChI=1S/C26H19ClN2O2S3/c27-18-9-2-1-8-17(18)16-23-25(31)28(26(32)34-23)15-7-14-24(30)29-19-10-3-5-12-21(19)33-22-13-6-4-11-20(22)29/h1-6,8-13,16H,7,14-15H2/b23-16+. The fourth-order valence-corrected chi connectivity index (χ4v) is 6.45. The zero-order chi connectivity index (χ0) is 23.7. The predicted octanol–water partition coefficient (Wildman–Crippen LogP) is 7.15. The van der Waals surface area contributed by atoms with E-state index < -0.39 is 0 Å². The van der Waals surface area contributed by atoms with Gasteiger partial charge in [0, 0.05) is 27.8 Å². The van der Waals surface area contributed by atoms with Crippen LogP contribution >= 0.6 is 47.3 Å². The van der Waals surface area contributed by atoms with Gasteiger partial charge in [-0.1, -0.05) is 89.8 Å². The molecule has 2 aliphatic rings. The second-order valence-corrected chi connectivity index (χ2v) is 10.9. The summed E-state index contributed by atoms with van der Waals surface area (Å²) in [5.74, 6) is -0.148. The third-order valence-electron chi connectivity index (χ3n) is 5.52. The van der Waals surface area contributed by atoms with Gasteiger partial charge in [0.15, 0.2) is 0 Å². The van der Waals surface area contributed by atoms with E-state index in [-0.39, 0.29) is 11.8 Å². The first kappa shape index (κ1) is 23.2. The first-order chi connectivity index (χ1) is 16.5. The second-order valence-electron chi connectivity index (χ2n) is 7.73. The van der Waals surface area contributed by atoms with Gasteiger partial charge in [0.25, 0.3) is 5.91 Å². The van der Waals surface area contributed by atoms with Crippen LogP contribution in [-0.2, 0) is 9.59 Å². The molecular weight excluding hydrogens is 504 g/mol. The number of thiocarbonyl (C=S) groups is 1. The van der Waals surface area contributed by atoms with Crippen LogP contribution in [0, 0.1) is 0 Å². The minimum absolute atomic E-state index is 0.00255. The van der Waals surface area contributed by atoms with Crippen LogP contribution in [0.5, 0.6) is 0 Å². The Morgan fingerprint density at radius 2 is 1.53 bits per heavy atom. The van der Waals surface area contributed by atoms with Crippen molar-refractivity contribution in [3.05, 3.63) is 88.3 Å². The van der Waals surface area contributed by atoms with Gasteiger partial charge in [-0.05, 0) is 48.4 Å². The Hall–Kier alpha value is -2.58.